The Morgan fingerprint density at radius 1 is 1.17 bits per heavy atom. The van der Waals surface area contributed by atoms with Crippen LogP contribution in [0.1, 0.15) is 21.5 Å². The van der Waals surface area contributed by atoms with Gasteiger partial charge in [0.15, 0.2) is 0 Å². The van der Waals surface area contributed by atoms with Crippen LogP contribution < -0.4 is 10.7 Å². The lowest BCUT2D eigenvalue weighted by molar-refractivity contribution is 0.0949. The lowest BCUT2D eigenvalue weighted by atomic mass is 10.1. The molecular formula is C19H15ClN2O2. The first-order valence-corrected chi connectivity index (χ1v) is 8.19. The van der Waals surface area contributed by atoms with Crippen LogP contribution in [0.2, 0.25) is 5.02 Å². The smallest absolute Gasteiger partial charge is 0.257 e. The molecule has 3 aromatic rings. The van der Waals surface area contributed by atoms with Crippen molar-refractivity contribution in [2.75, 3.05) is 0 Å². The number of hydrogen-bond donors (Lipinski definition) is 1. The summed E-state index contributed by atoms with van der Waals surface area (Å²) in [7, 11) is 0. The van der Waals surface area contributed by atoms with Gasteiger partial charge in [0.25, 0.3) is 5.91 Å². The lowest BCUT2D eigenvalue weighted by Crippen LogP contribution is -2.29. The van der Waals surface area contributed by atoms with E-state index >= 15 is 0 Å². The second-order valence-electron chi connectivity index (χ2n) is 5.90. The number of nitrogens with zero attached hydrogens (tertiary/aromatic N) is 1. The highest BCUT2D eigenvalue weighted by molar-refractivity contribution is 6.31. The molecule has 4 rings (SSSR count). The quantitative estimate of drug-likeness (QED) is 0.797. The first kappa shape index (κ1) is 15.0. The zero-order valence-corrected chi connectivity index (χ0v) is 13.6. The highest BCUT2D eigenvalue weighted by Gasteiger charge is 2.20. The van der Waals surface area contributed by atoms with Gasteiger partial charge in [0.1, 0.15) is 5.56 Å². The van der Waals surface area contributed by atoms with Crippen LogP contribution in [0.4, 0.5) is 0 Å². The highest BCUT2D eigenvalue weighted by atomic mass is 35.5. The fourth-order valence-electron chi connectivity index (χ4n) is 3.23. The van der Waals surface area contributed by atoms with Crippen molar-refractivity contribution in [1.29, 1.82) is 0 Å². The number of carbonyl (C=O) groups is 1. The van der Waals surface area contributed by atoms with E-state index in [0.29, 0.717) is 10.4 Å². The van der Waals surface area contributed by atoms with Crippen molar-refractivity contribution in [3.8, 4) is 0 Å². The van der Waals surface area contributed by atoms with Gasteiger partial charge in [-0.3, -0.25) is 9.59 Å². The minimum absolute atomic E-state index is 0.175. The fraction of sp³-hybridized carbons (Fsp3) is 0.158. The number of halogens is 1. The van der Waals surface area contributed by atoms with E-state index in [1.54, 1.807) is 18.3 Å². The van der Waals surface area contributed by atoms with Crippen molar-refractivity contribution in [2.24, 2.45) is 0 Å². The number of pyridine rings is 1. The van der Waals surface area contributed by atoms with E-state index in [1.165, 1.54) is 0 Å². The van der Waals surface area contributed by atoms with Gasteiger partial charge in [-0.15, -0.1) is 0 Å². The maximum atomic E-state index is 12.7. The van der Waals surface area contributed by atoms with Crippen LogP contribution in [0.3, 0.4) is 0 Å². The molecular weight excluding hydrogens is 324 g/mol. The highest BCUT2D eigenvalue weighted by Crippen LogP contribution is 2.23. The van der Waals surface area contributed by atoms with E-state index in [1.807, 2.05) is 34.9 Å². The van der Waals surface area contributed by atoms with E-state index in [9.17, 15) is 9.59 Å². The van der Waals surface area contributed by atoms with Crippen LogP contribution in [0.5, 0.6) is 0 Å². The van der Waals surface area contributed by atoms with Crippen LogP contribution in [-0.4, -0.2) is 10.5 Å². The van der Waals surface area contributed by atoms with Crippen LogP contribution in [0, 0.1) is 0 Å². The fourth-order valence-corrected chi connectivity index (χ4v) is 3.43. The van der Waals surface area contributed by atoms with Gasteiger partial charge >= 0.3 is 0 Å². The number of hydrogen-bond acceptors (Lipinski definition) is 2. The Bertz CT molecular complexity index is 1020. The molecule has 0 radical (unpaired) electrons. The molecule has 24 heavy (non-hydrogen) atoms. The Kier molecular flexibility index (Phi) is 3.62. The number of benzene rings is 2. The van der Waals surface area contributed by atoms with Crippen molar-refractivity contribution in [1.82, 2.24) is 9.88 Å². The maximum absolute atomic E-state index is 12.7. The van der Waals surface area contributed by atoms with Gasteiger partial charge in [0, 0.05) is 29.7 Å². The van der Waals surface area contributed by atoms with E-state index in [-0.39, 0.29) is 23.4 Å². The normalized spacial score (nSPS) is 12.5. The van der Waals surface area contributed by atoms with Crippen LogP contribution in [0.25, 0.3) is 10.9 Å². The molecule has 0 saturated heterocycles. The number of para-hydroxylation sites is 1. The summed E-state index contributed by atoms with van der Waals surface area (Å²) in [5, 5.41) is 3.99. The third kappa shape index (κ3) is 2.39. The second-order valence-corrected chi connectivity index (χ2v) is 6.31. The molecule has 0 aliphatic carbocycles. The Balaban J connectivity index is 1.68. The average molecular weight is 339 g/mol. The first-order valence-electron chi connectivity index (χ1n) is 7.82. The molecule has 4 nitrogen and oxygen atoms in total. The van der Waals surface area contributed by atoms with E-state index in [0.717, 1.165) is 29.6 Å². The molecule has 2 aromatic carbocycles. The summed E-state index contributed by atoms with van der Waals surface area (Å²) in [4.78, 5) is 25.2. The minimum Gasteiger partial charge on any atom is -0.348 e. The SMILES string of the molecule is O=C(NCc1ccccc1Cl)c1cn2c3c(cccc3c1=O)CC2. The van der Waals surface area contributed by atoms with Crippen molar-refractivity contribution in [3.63, 3.8) is 0 Å². The third-order valence-corrected chi connectivity index (χ3v) is 4.81. The molecule has 2 heterocycles. The molecule has 1 aliphatic heterocycles. The summed E-state index contributed by atoms with van der Waals surface area (Å²) in [6.07, 6.45) is 2.56. The topological polar surface area (TPSA) is 51.1 Å². The van der Waals surface area contributed by atoms with Gasteiger partial charge in [0.2, 0.25) is 5.43 Å². The van der Waals surface area contributed by atoms with Gasteiger partial charge in [-0.2, -0.15) is 0 Å². The van der Waals surface area contributed by atoms with Crippen molar-refractivity contribution in [3.05, 3.63) is 80.6 Å². The molecule has 0 saturated carbocycles. The van der Waals surface area contributed by atoms with Crippen molar-refractivity contribution < 1.29 is 4.79 Å². The number of aromatic nitrogens is 1. The predicted octanol–water partition coefficient (Wildman–Crippen LogP) is 3.14. The Labute approximate surface area is 143 Å². The average Bonchev–Trinajstić information content (AvgIpc) is 3.01. The summed E-state index contributed by atoms with van der Waals surface area (Å²) in [5.41, 5.74) is 2.88. The molecule has 120 valence electrons. The number of amides is 1. The molecule has 0 atom stereocenters. The van der Waals surface area contributed by atoms with Gasteiger partial charge in [0.05, 0.1) is 5.52 Å². The summed E-state index contributed by atoms with van der Waals surface area (Å²) in [6, 6.07) is 13.0. The van der Waals surface area contributed by atoms with Gasteiger partial charge < -0.3 is 9.88 Å². The number of carbonyl (C=O) groups excluding carboxylic acids is 1. The molecule has 5 heteroatoms. The zero-order valence-electron chi connectivity index (χ0n) is 12.9. The van der Waals surface area contributed by atoms with Gasteiger partial charge in [-0.25, -0.2) is 0 Å². The number of aryl methyl sites for hydroxylation is 2. The maximum Gasteiger partial charge on any atom is 0.257 e. The van der Waals surface area contributed by atoms with E-state index in [2.05, 4.69) is 5.32 Å². The molecule has 1 N–H and O–H groups in total. The monoisotopic (exact) mass is 338 g/mol. The Morgan fingerprint density at radius 2 is 2.00 bits per heavy atom. The predicted molar refractivity (Wildman–Crippen MR) is 94.5 cm³/mol. The van der Waals surface area contributed by atoms with Crippen LogP contribution in [0.15, 0.2) is 53.5 Å². The van der Waals surface area contributed by atoms with Gasteiger partial charge in [-0.1, -0.05) is 41.9 Å². The van der Waals surface area contributed by atoms with Crippen molar-refractivity contribution in [2.45, 2.75) is 19.5 Å². The van der Waals surface area contributed by atoms with Gasteiger partial charge in [-0.05, 0) is 29.7 Å². The van der Waals surface area contributed by atoms with E-state index in [4.69, 9.17) is 11.6 Å². The lowest BCUT2D eigenvalue weighted by Gasteiger charge is -2.10. The van der Waals surface area contributed by atoms with E-state index < -0.39 is 0 Å². The number of rotatable bonds is 3. The number of nitrogens with one attached hydrogen (secondary N) is 1. The Morgan fingerprint density at radius 3 is 2.83 bits per heavy atom. The summed E-state index contributed by atoms with van der Waals surface area (Å²) in [6.45, 7) is 1.08. The zero-order chi connectivity index (χ0) is 16.7. The molecule has 0 fully saturated rings. The molecule has 0 unspecified atom stereocenters. The first-order chi connectivity index (χ1) is 11.6. The Hall–Kier alpha value is -2.59. The molecule has 1 amide bonds. The molecule has 1 aliphatic rings. The second kappa shape index (κ2) is 5.80. The van der Waals surface area contributed by atoms with Crippen LogP contribution in [-0.2, 0) is 19.5 Å². The summed E-state index contributed by atoms with van der Waals surface area (Å²) < 4.78 is 2.00. The summed E-state index contributed by atoms with van der Waals surface area (Å²) >= 11 is 6.10. The molecule has 0 bridgehead atoms. The summed E-state index contributed by atoms with van der Waals surface area (Å²) in [5.74, 6) is -0.372. The molecule has 0 spiro atoms. The minimum atomic E-state index is -0.372. The van der Waals surface area contributed by atoms with Crippen molar-refractivity contribution >= 4 is 28.4 Å². The molecule has 1 aromatic heterocycles. The standard InChI is InChI=1S/C19H15ClN2O2/c20-16-7-2-1-4-13(16)10-21-19(24)15-11-22-9-8-12-5-3-6-14(17(12)22)18(15)23/h1-7,11H,8-10H2,(H,21,24). The third-order valence-electron chi connectivity index (χ3n) is 4.44. The van der Waals surface area contributed by atoms with Crippen LogP contribution >= 0.6 is 11.6 Å². The largest absolute Gasteiger partial charge is 0.348 e.